The van der Waals surface area contributed by atoms with Crippen LogP contribution >= 0.6 is 0 Å². The summed E-state index contributed by atoms with van der Waals surface area (Å²) in [5.41, 5.74) is 1.33. The average Bonchev–Trinajstić information content (AvgIpc) is 3.32. The highest BCUT2D eigenvalue weighted by atomic mass is 19.1. The predicted octanol–water partition coefficient (Wildman–Crippen LogP) is 6.20. The van der Waals surface area contributed by atoms with Crippen LogP contribution in [0.4, 0.5) is 14.5 Å². The highest BCUT2D eigenvalue weighted by molar-refractivity contribution is 6.06. The van der Waals surface area contributed by atoms with E-state index in [1.54, 1.807) is 53.2 Å². The van der Waals surface area contributed by atoms with E-state index in [0.717, 1.165) is 11.5 Å². The van der Waals surface area contributed by atoms with Gasteiger partial charge in [-0.15, -0.1) is 0 Å². The summed E-state index contributed by atoms with van der Waals surface area (Å²) in [6.45, 7) is 0. The van der Waals surface area contributed by atoms with Crippen LogP contribution in [-0.4, -0.2) is 20.0 Å². The SMILES string of the molecule is Cn1ccc2c(Oc3ccc(NC(=O)c4cn(-c5ccc(F)cc5)c5ccccc5c4=O)cc3F)ccnc21. The maximum Gasteiger partial charge on any atom is 0.261 e. The Hall–Kier alpha value is -5.31. The lowest BCUT2D eigenvalue weighted by Gasteiger charge is -2.14. The third kappa shape index (κ3) is 4.40. The van der Waals surface area contributed by atoms with Crippen molar-refractivity contribution in [3.63, 3.8) is 0 Å². The fraction of sp³-hybridized carbons (Fsp3) is 0.0333. The van der Waals surface area contributed by atoms with E-state index < -0.39 is 23.0 Å². The van der Waals surface area contributed by atoms with E-state index in [1.807, 2.05) is 23.9 Å². The molecule has 1 N–H and O–H groups in total. The van der Waals surface area contributed by atoms with Crippen LogP contribution in [0, 0.1) is 11.6 Å². The van der Waals surface area contributed by atoms with Crippen LogP contribution in [0.25, 0.3) is 27.6 Å². The largest absolute Gasteiger partial charge is 0.453 e. The van der Waals surface area contributed by atoms with Crippen LogP contribution in [0.1, 0.15) is 10.4 Å². The zero-order valence-corrected chi connectivity index (χ0v) is 20.6. The first-order valence-electron chi connectivity index (χ1n) is 12.0. The summed E-state index contributed by atoms with van der Waals surface area (Å²) >= 11 is 0. The lowest BCUT2D eigenvalue weighted by molar-refractivity contribution is 0.102. The number of carbonyl (C=O) groups excluding carboxylic acids is 1. The summed E-state index contributed by atoms with van der Waals surface area (Å²) in [4.78, 5) is 30.7. The van der Waals surface area contributed by atoms with Crippen molar-refractivity contribution < 1.29 is 18.3 Å². The molecule has 3 aromatic carbocycles. The molecule has 3 aromatic heterocycles. The van der Waals surface area contributed by atoms with Crippen molar-refractivity contribution in [3.05, 3.63) is 125 Å². The number of amides is 1. The van der Waals surface area contributed by atoms with Gasteiger partial charge in [0, 0.05) is 48.5 Å². The van der Waals surface area contributed by atoms with Crippen LogP contribution in [0.15, 0.2) is 102 Å². The fourth-order valence-corrected chi connectivity index (χ4v) is 4.46. The maximum atomic E-state index is 15.0. The van der Waals surface area contributed by atoms with Gasteiger partial charge in [-0.2, -0.15) is 0 Å². The molecule has 0 aliphatic heterocycles. The van der Waals surface area contributed by atoms with Gasteiger partial charge in [0.2, 0.25) is 5.43 Å². The number of carbonyl (C=O) groups is 1. The van der Waals surface area contributed by atoms with Gasteiger partial charge in [-0.05, 0) is 60.7 Å². The number of aryl methyl sites for hydroxylation is 1. The van der Waals surface area contributed by atoms with Crippen molar-refractivity contribution in [2.24, 2.45) is 7.05 Å². The summed E-state index contributed by atoms with van der Waals surface area (Å²) in [6, 6.07) is 20.0. The molecule has 0 spiro atoms. The highest BCUT2D eigenvalue weighted by Gasteiger charge is 2.18. The molecular formula is C30H20F2N4O3. The summed E-state index contributed by atoms with van der Waals surface area (Å²) < 4.78 is 37.8. The molecule has 192 valence electrons. The van der Waals surface area contributed by atoms with Crippen LogP contribution in [0.5, 0.6) is 11.5 Å². The van der Waals surface area contributed by atoms with Gasteiger partial charge in [0.1, 0.15) is 22.8 Å². The van der Waals surface area contributed by atoms with Gasteiger partial charge in [0.05, 0.1) is 10.9 Å². The molecular weight excluding hydrogens is 502 g/mol. The molecule has 6 rings (SSSR count). The summed E-state index contributed by atoms with van der Waals surface area (Å²) in [5.74, 6) is -1.41. The number of halogens is 2. The summed E-state index contributed by atoms with van der Waals surface area (Å²) in [6.07, 6.45) is 4.80. The summed E-state index contributed by atoms with van der Waals surface area (Å²) in [5, 5.41) is 3.64. The predicted molar refractivity (Wildman–Crippen MR) is 145 cm³/mol. The van der Waals surface area contributed by atoms with Gasteiger partial charge in [-0.25, -0.2) is 13.8 Å². The van der Waals surface area contributed by atoms with Crippen molar-refractivity contribution in [3.8, 4) is 17.2 Å². The molecule has 7 nitrogen and oxygen atoms in total. The molecule has 6 aromatic rings. The number of ether oxygens (including phenoxy) is 1. The van der Waals surface area contributed by atoms with E-state index in [0.29, 0.717) is 28.0 Å². The van der Waals surface area contributed by atoms with Crippen molar-refractivity contribution in [1.82, 2.24) is 14.1 Å². The lowest BCUT2D eigenvalue weighted by Crippen LogP contribution is -2.23. The quantitative estimate of drug-likeness (QED) is 0.293. The van der Waals surface area contributed by atoms with Gasteiger partial charge in [-0.3, -0.25) is 9.59 Å². The number of pyridine rings is 2. The van der Waals surface area contributed by atoms with Gasteiger partial charge in [0.15, 0.2) is 11.6 Å². The maximum absolute atomic E-state index is 15.0. The fourth-order valence-electron chi connectivity index (χ4n) is 4.46. The molecule has 9 heteroatoms. The molecule has 0 bridgehead atoms. The first kappa shape index (κ1) is 24.1. The number of aromatic nitrogens is 3. The second-order valence-corrected chi connectivity index (χ2v) is 8.91. The Morgan fingerprint density at radius 1 is 0.923 bits per heavy atom. The number of benzene rings is 3. The van der Waals surface area contributed by atoms with E-state index in [1.165, 1.54) is 30.5 Å². The van der Waals surface area contributed by atoms with E-state index in [4.69, 9.17) is 4.74 Å². The Morgan fingerprint density at radius 2 is 1.72 bits per heavy atom. The minimum absolute atomic E-state index is 0.0336. The van der Waals surface area contributed by atoms with E-state index in [-0.39, 0.29) is 17.0 Å². The molecule has 39 heavy (non-hydrogen) atoms. The third-order valence-corrected chi connectivity index (χ3v) is 6.40. The van der Waals surface area contributed by atoms with Gasteiger partial charge in [-0.1, -0.05) is 12.1 Å². The number of nitrogens with one attached hydrogen (secondary N) is 1. The molecule has 1 amide bonds. The average molecular weight is 523 g/mol. The zero-order valence-electron chi connectivity index (χ0n) is 20.6. The minimum atomic E-state index is -0.713. The Morgan fingerprint density at radius 3 is 2.51 bits per heavy atom. The van der Waals surface area contributed by atoms with Gasteiger partial charge >= 0.3 is 0 Å². The third-order valence-electron chi connectivity index (χ3n) is 6.40. The Labute approximate surface area is 220 Å². The van der Waals surface area contributed by atoms with Gasteiger partial charge < -0.3 is 19.2 Å². The zero-order chi connectivity index (χ0) is 27.1. The molecule has 0 radical (unpaired) electrons. The second kappa shape index (κ2) is 9.53. The molecule has 0 unspecified atom stereocenters. The molecule has 0 saturated heterocycles. The topological polar surface area (TPSA) is 78.1 Å². The van der Waals surface area contributed by atoms with E-state index in [2.05, 4.69) is 10.3 Å². The van der Waals surface area contributed by atoms with Crippen molar-refractivity contribution in [2.45, 2.75) is 0 Å². The number of nitrogens with zero attached hydrogens (tertiary/aromatic N) is 3. The van der Waals surface area contributed by atoms with Gasteiger partial charge in [0.25, 0.3) is 5.91 Å². The molecule has 0 atom stereocenters. The molecule has 0 saturated carbocycles. The molecule has 0 fully saturated rings. The highest BCUT2D eigenvalue weighted by Crippen LogP contribution is 2.31. The number of hydrogen-bond acceptors (Lipinski definition) is 4. The Balaban J connectivity index is 1.31. The summed E-state index contributed by atoms with van der Waals surface area (Å²) in [7, 11) is 1.85. The first-order chi connectivity index (χ1) is 18.9. The monoisotopic (exact) mass is 522 g/mol. The number of para-hydroxylation sites is 1. The standard InChI is InChI=1S/C30H20F2N4O3/c1-35-15-13-22-26(12-14-33-29(22)35)39-27-11-8-19(16-24(27)32)34-30(38)23-17-36(20-9-6-18(31)7-10-20)25-5-3-2-4-21(25)28(23)37/h2-17H,1H3,(H,34,38). The lowest BCUT2D eigenvalue weighted by atomic mass is 10.1. The normalized spacial score (nSPS) is 11.2. The minimum Gasteiger partial charge on any atom is -0.453 e. The molecule has 3 heterocycles. The van der Waals surface area contributed by atoms with E-state index in [9.17, 15) is 14.0 Å². The van der Waals surface area contributed by atoms with Crippen LogP contribution in [0.3, 0.4) is 0 Å². The Kier molecular flexibility index (Phi) is 5.88. The van der Waals surface area contributed by atoms with Crippen LogP contribution < -0.4 is 15.5 Å². The second-order valence-electron chi connectivity index (χ2n) is 8.91. The number of anilines is 1. The van der Waals surface area contributed by atoms with Crippen molar-refractivity contribution in [2.75, 3.05) is 5.32 Å². The van der Waals surface area contributed by atoms with Crippen molar-refractivity contribution in [1.29, 1.82) is 0 Å². The van der Waals surface area contributed by atoms with Crippen LogP contribution in [-0.2, 0) is 7.05 Å². The van der Waals surface area contributed by atoms with Crippen molar-refractivity contribution >= 4 is 33.5 Å². The number of hydrogen-bond donors (Lipinski definition) is 1. The van der Waals surface area contributed by atoms with Crippen LogP contribution in [0.2, 0.25) is 0 Å². The number of fused-ring (bicyclic) bond motifs is 2. The molecule has 0 aliphatic rings. The molecule has 0 aliphatic carbocycles. The smallest absolute Gasteiger partial charge is 0.261 e. The Bertz CT molecular complexity index is 1950. The number of rotatable bonds is 5. The van der Waals surface area contributed by atoms with E-state index >= 15 is 4.39 Å². The first-order valence-corrected chi connectivity index (χ1v) is 12.0.